The Morgan fingerprint density at radius 2 is 2.12 bits per heavy atom. The van der Waals surface area contributed by atoms with Crippen LogP contribution >= 0.6 is 0 Å². The van der Waals surface area contributed by atoms with E-state index in [-0.39, 0.29) is 18.2 Å². The summed E-state index contributed by atoms with van der Waals surface area (Å²) in [6.07, 6.45) is 4.62. The molecule has 1 aromatic rings. The first kappa shape index (κ1) is 11.1. The van der Waals surface area contributed by atoms with Crippen molar-refractivity contribution in [1.82, 2.24) is 0 Å². The van der Waals surface area contributed by atoms with Crippen LogP contribution in [0.1, 0.15) is 42.9 Å². The minimum atomic E-state index is -0.300. The third kappa shape index (κ3) is 2.05. The van der Waals surface area contributed by atoms with Gasteiger partial charge < -0.3 is 15.6 Å². The van der Waals surface area contributed by atoms with Crippen molar-refractivity contribution in [2.45, 2.75) is 50.4 Å². The number of aliphatic hydroxyl groups excluding tert-OH is 1. The van der Waals surface area contributed by atoms with Gasteiger partial charge in [0, 0.05) is 6.04 Å². The highest BCUT2D eigenvalue weighted by Crippen LogP contribution is 2.33. The molecule has 1 saturated carbocycles. The molecule has 0 saturated heterocycles. The molecule has 3 heteroatoms. The van der Waals surface area contributed by atoms with Crippen molar-refractivity contribution in [3.05, 3.63) is 29.3 Å². The fraction of sp³-hybridized carbons (Fsp3) is 0.571. The first-order valence-corrected chi connectivity index (χ1v) is 6.47. The Hall–Kier alpha value is -1.06. The minimum absolute atomic E-state index is 0.0249. The summed E-state index contributed by atoms with van der Waals surface area (Å²) < 4.78 is 5.86. The van der Waals surface area contributed by atoms with Gasteiger partial charge in [0.05, 0.1) is 6.10 Å². The zero-order valence-corrected chi connectivity index (χ0v) is 9.93. The normalized spacial score (nSPS) is 31.5. The molecule has 3 N–H and O–H groups in total. The summed E-state index contributed by atoms with van der Waals surface area (Å²) >= 11 is 0. The molecule has 0 radical (unpaired) electrons. The number of fused-ring (bicyclic) bond motifs is 1. The van der Waals surface area contributed by atoms with Crippen LogP contribution in [0.15, 0.2) is 18.2 Å². The molecule has 0 heterocycles. The van der Waals surface area contributed by atoms with Crippen molar-refractivity contribution >= 4 is 0 Å². The molecule has 3 atom stereocenters. The zero-order valence-electron chi connectivity index (χ0n) is 9.93. The van der Waals surface area contributed by atoms with Gasteiger partial charge in [-0.1, -0.05) is 6.07 Å². The van der Waals surface area contributed by atoms with Crippen LogP contribution in [-0.2, 0) is 6.42 Å². The van der Waals surface area contributed by atoms with E-state index < -0.39 is 0 Å². The van der Waals surface area contributed by atoms with Crippen LogP contribution in [0.4, 0.5) is 0 Å². The second-order valence-corrected chi connectivity index (χ2v) is 5.16. The lowest BCUT2D eigenvalue weighted by atomic mass is 10.1. The predicted octanol–water partition coefficient (Wildman–Crippen LogP) is 1.92. The molecule has 2 aliphatic rings. The summed E-state index contributed by atoms with van der Waals surface area (Å²) in [5, 5.41) is 9.74. The smallest absolute Gasteiger partial charge is 0.124 e. The highest BCUT2D eigenvalue weighted by Gasteiger charge is 2.27. The molecule has 1 aromatic carbocycles. The molecule has 92 valence electrons. The second kappa shape index (κ2) is 4.31. The van der Waals surface area contributed by atoms with Gasteiger partial charge in [0.1, 0.15) is 11.9 Å². The van der Waals surface area contributed by atoms with Crippen LogP contribution in [0.3, 0.4) is 0 Å². The number of hydrogen-bond acceptors (Lipinski definition) is 3. The molecule has 0 spiro atoms. The van der Waals surface area contributed by atoms with Gasteiger partial charge in [0.15, 0.2) is 0 Å². The zero-order chi connectivity index (χ0) is 11.8. The molecule has 0 amide bonds. The number of ether oxygens (including phenoxy) is 1. The van der Waals surface area contributed by atoms with Gasteiger partial charge in [-0.15, -0.1) is 0 Å². The molecular formula is C14H19NO2. The summed E-state index contributed by atoms with van der Waals surface area (Å²) in [7, 11) is 0. The summed E-state index contributed by atoms with van der Waals surface area (Å²) in [5.74, 6) is 0.879. The van der Waals surface area contributed by atoms with E-state index in [0.717, 1.165) is 37.9 Å². The Morgan fingerprint density at radius 1 is 1.24 bits per heavy atom. The van der Waals surface area contributed by atoms with E-state index in [4.69, 9.17) is 10.5 Å². The quantitative estimate of drug-likeness (QED) is 0.820. The van der Waals surface area contributed by atoms with Gasteiger partial charge in [0.25, 0.3) is 0 Å². The molecule has 0 bridgehead atoms. The summed E-state index contributed by atoms with van der Waals surface area (Å²) in [5.41, 5.74) is 8.56. The lowest BCUT2D eigenvalue weighted by molar-refractivity contribution is 0.0603. The maximum atomic E-state index is 9.74. The van der Waals surface area contributed by atoms with E-state index in [1.807, 2.05) is 6.07 Å². The largest absolute Gasteiger partial charge is 0.488 e. The second-order valence-electron chi connectivity index (χ2n) is 5.16. The molecule has 0 aromatic heterocycles. The lowest BCUT2D eigenvalue weighted by Crippen LogP contribution is -2.25. The Labute approximate surface area is 102 Å². The van der Waals surface area contributed by atoms with E-state index in [1.54, 1.807) is 0 Å². The molecule has 3 nitrogen and oxygen atoms in total. The number of aliphatic hydroxyl groups is 1. The first-order valence-electron chi connectivity index (χ1n) is 6.47. The maximum Gasteiger partial charge on any atom is 0.124 e. The van der Waals surface area contributed by atoms with Crippen molar-refractivity contribution in [3.63, 3.8) is 0 Å². The molecule has 1 fully saturated rings. The van der Waals surface area contributed by atoms with Gasteiger partial charge in [-0.2, -0.15) is 0 Å². The summed E-state index contributed by atoms with van der Waals surface area (Å²) in [6.45, 7) is 0. The maximum absolute atomic E-state index is 9.74. The fourth-order valence-corrected chi connectivity index (χ4v) is 2.92. The van der Waals surface area contributed by atoms with Crippen LogP contribution < -0.4 is 10.5 Å². The van der Waals surface area contributed by atoms with Crippen molar-refractivity contribution in [2.75, 3.05) is 0 Å². The highest BCUT2D eigenvalue weighted by molar-refractivity contribution is 5.40. The molecule has 2 aliphatic carbocycles. The molecule has 2 unspecified atom stereocenters. The van der Waals surface area contributed by atoms with E-state index in [9.17, 15) is 5.11 Å². The molecule has 17 heavy (non-hydrogen) atoms. The Kier molecular flexibility index (Phi) is 2.81. The SMILES string of the molecule is N[C@H]1CCc2cc(OC3CCCC3O)ccc21. The van der Waals surface area contributed by atoms with E-state index in [0.29, 0.717) is 0 Å². The minimum Gasteiger partial charge on any atom is -0.488 e. The number of nitrogens with two attached hydrogens (primary N) is 1. The Morgan fingerprint density at radius 3 is 2.88 bits per heavy atom. The Balaban J connectivity index is 1.76. The van der Waals surface area contributed by atoms with Gasteiger partial charge in [-0.05, 0) is 55.4 Å². The first-order chi connectivity index (χ1) is 8.24. The Bertz CT molecular complexity index is 419. The van der Waals surface area contributed by atoms with Crippen LogP contribution in [-0.4, -0.2) is 17.3 Å². The van der Waals surface area contributed by atoms with Crippen LogP contribution in [0.25, 0.3) is 0 Å². The fourth-order valence-electron chi connectivity index (χ4n) is 2.92. The highest BCUT2D eigenvalue weighted by atomic mass is 16.5. The third-order valence-corrected chi connectivity index (χ3v) is 3.94. The molecule has 3 rings (SSSR count). The van der Waals surface area contributed by atoms with Crippen LogP contribution in [0.5, 0.6) is 5.75 Å². The van der Waals surface area contributed by atoms with E-state index in [2.05, 4.69) is 12.1 Å². The van der Waals surface area contributed by atoms with E-state index >= 15 is 0 Å². The number of hydrogen-bond donors (Lipinski definition) is 2. The average Bonchev–Trinajstić information content (AvgIpc) is 2.87. The number of benzene rings is 1. The molecular weight excluding hydrogens is 214 g/mol. The van der Waals surface area contributed by atoms with Gasteiger partial charge in [0.2, 0.25) is 0 Å². The van der Waals surface area contributed by atoms with Gasteiger partial charge in [-0.3, -0.25) is 0 Å². The topological polar surface area (TPSA) is 55.5 Å². The van der Waals surface area contributed by atoms with Crippen LogP contribution in [0.2, 0.25) is 0 Å². The lowest BCUT2D eigenvalue weighted by Gasteiger charge is -2.17. The standard InChI is InChI=1S/C14H19NO2/c15-12-7-4-9-8-10(5-6-11(9)12)17-14-3-1-2-13(14)16/h5-6,8,12-14,16H,1-4,7,15H2/t12-,13?,14?/m0/s1. The number of aryl methyl sites for hydroxylation is 1. The van der Waals surface area contributed by atoms with Crippen molar-refractivity contribution < 1.29 is 9.84 Å². The third-order valence-electron chi connectivity index (χ3n) is 3.94. The monoisotopic (exact) mass is 233 g/mol. The van der Waals surface area contributed by atoms with Crippen molar-refractivity contribution in [2.24, 2.45) is 5.73 Å². The molecule has 0 aliphatic heterocycles. The summed E-state index contributed by atoms with van der Waals surface area (Å²) in [6, 6.07) is 6.34. The van der Waals surface area contributed by atoms with Crippen molar-refractivity contribution in [3.8, 4) is 5.75 Å². The van der Waals surface area contributed by atoms with Crippen molar-refractivity contribution in [1.29, 1.82) is 0 Å². The van der Waals surface area contributed by atoms with Crippen LogP contribution in [0, 0.1) is 0 Å². The van der Waals surface area contributed by atoms with E-state index in [1.165, 1.54) is 11.1 Å². The van der Waals surface area contributed by atoms with Gasteiger partial charge in [-0.25, -0.2) is 0 Å². The van der Waals surface area contributed by atoms with Gasteiger partial charge >= 0.3 is 0 Å². The average molecular weight is 233 g/mol. The predicted molar refractivity (Wildman–Crippen MR) is 66.0 cm³/mol. The number of rotatable bonds is 2. The summed E-state index contributed by atoms with van der Waals surface area (Å²) in [4.78, 5) is 0.